The first-order chi connectivity index (χ1) is 8.69. The van der Waals surface area contributed by atoms with Gasteiger partial charge in [0, 0.05) is 13.1 Å². The van der Waals surface area contributed by atoms with Crippen molar-refractivity contribution < 1.29 is 27.9 Å². The van der Waals surface area contributed by atoms with Crippen molar-refractivity contribution in [2.75, 3.05) is 46.1 Å². The molecule has 0 aromatic carbocycles. The molecule has 0 bridgehead atoms. The molecule has 0 heterocycles. The third kappa shape index (κ3) is 7.75. The summed E-state index contributed by atoms with van der Waals surface area (Å²) in [5.41, 5.74) is 0. The van der Waals surface area contributed by atoms with E-state index in [1.807, 2.05) is 0 Å². The molecule has 0 aromatic rings. The lowest BCUT2D eigenvalue weighted by Gasteiger charge is -2.21. The molecule has 0 rings (SSSR count). The number of aliphatic carboxylic acids is 1. The number of sulfonamides is 1. The van der Waals surface area contributed by atoms with E-state index in [1.165, 1.54) is 0 Å². The Morgan fingerprint density at radius 3 is 2.21 bits per heavy atom. The van der Waals surface area contributed by atoms with Crippen molar-refractivity contribution in [3.05, 3.63) is 0 Å². The molecule has 1 N–H and O–H groups in total. The molecule has 0 unspecified atom stereocenters. The van der Waals surface area contributed by atoms with Crippen LogP contribution in [0, 0.1) is 0 Å². The summed E-state index contributed by atoms with van der Waals surface area (Å²) in [5.74, 6) is -3.00. The Morgan fingerprint density at radius 1 is 1.21 bits per heavy atom. The van der Waals surface area contributed by atoms with Crippen molar-refractivity contribution in [1.82, 2.24) is 9.21 Å². The zero-order valence-electron chi connectivity index (χ0n) is 11.3. The summed E-state index contributed by atoms with van der Waals surface area (Å²) in [4.78, 5) is 23.6. The van der Waals surface area contributed by atoms with Gasteiger partial charge in [-0.3, -0.25) is 9.59 Å². The minimum absolute atomic E-state index is 0.00103. The minimum atomic E-state index is -3.98. The Kier molecular flexibility index (Phi) is 7.57. The molecule has 112 valence electrons. The molecule has 19 heavy (non-hydrogen) atoms. The number of hydrogen-bond acceptors (Lipinski definition) is 6. The highest BCUT2D eigenvalue weighted by atomic mass is 32.2. The maximum atomic E-state index is 11.9. The number of nitrogens with zero attached hydrogens (tertiary/aromatic N) is 2. The molecule has 0 fully saturated rings. The van der Waals surface area contributed by atoms with E-state index in [1.54, 1.807) is 25.9 Å². The van der Waals surface area contributed by atoms with E-state index >= 15 is 0 Å². The second-order valence-corrected chi connectivity index (χ2v) is 6.06. The summed E-state index contributed by atoms with van der Waals surface area (Å²) in [7, 11) is -0.517. The van der Waals surface area contributed by atoms with Gasteiger partial charge in [-0.1, -0.05) is 0 Å². The second-order valence-electron chi connectivity index (χ2n) is 4.09. The van der Waals surface area contributed by atoms with Crippen LogP contribution >= 0.6 is 0 Å². The summed E-state index contributed by atoms with van der Waals surface area (Å²) in [6.07, 6.45) is 0. The molecule has 0 radical (unpaired) electrons. The maximum Gasteiger partial charge on any atom is 0.322 e. The molecule has 0 atom stereocenters. The summed E-state index contributed by atoms with van der Waals surface area (Å²) in [6, 6.07) is 0. The lowest BCUT2D eigenvalue weighted by Crippen LogP contribution is -2.42. The summed E-state index contributed by atoms with van der Waals surface area (Å²) in [5, 5.41) is 8.71. The Balaban J connectivity index is 4.80. The highest BCUT2D eigenvalue weighted by Crippen LogP contribution is 2.03. The molecule has 0 aliphatic rings. The highest BCUT2D eigenvalue weighted by molar-refractivity contribution is 7.89. The van der Waals surface area contributed by atoms with Crippen LogP contribution in [0.15, 0.2) is 0 Å². The largest absolute Gasteiger partial charge is 0.480 e. The molecule has 0 aliphatic carbocycles. The van der Waals surface area contributed by atoms with Crippen molar-refractivity contribution in [3.8, 4) is 0 Å². The summed E-state index contributed by atoms with van der Waals surface area (Å²) >= 11 is 0. The van der Waals surface area contributed by atoms with Crippen LogP contribution in [0.4, 0.5) is 0 Å². The van der Waals surface area contributed by atoms with Gasteiger partial charge in [-0.05, 0) is 21.0 Å². The van der Waals surface area contributed by atoms with Crippen molar-refractivity contribution in [3.63, 3.8) is 0 Å². The molecule has 8 nitrogen and oxygen atoms in total. The molecule has 0 spiro atoms. The van der Waals surface area contributed by atoms with E-state index in [9.17, 15) is 18.0 Å². The molecular weight excluding hydrogens is 276 g/mol. The molecule has 0 amide bonds. The minimum Gasteiger partial charge on any atom is -0.480 e. The van der Waals surface area contributed by atoms with Crippen LogP contribution in [-0.2, 0) is 24.3 Å². The van der Waals surface area contributed by atoms with Crippen LogP contribution in [0.25, 0.3) is 0 Å². The van der Waals surface area contributed by atoms with Gasteiger partial charge in [0.15, 0.2) is 5.75 Å². The summed E-state index contributed by atoms with van der Waals surface area (Å²) < 4.78 is 29.1. The number of carbonyl (C=O) groups is 2. The quantitative estimate of drug-likeness (QED) is 0.534. The number of hydrogen-bond donors (Lipinski definition) is 1. The van der Waals surface area contributed by atoms with Crippen LogP contribution in [0.1, 0.15) is 6.92 Å². The number of esters is 1. The zero-order valence-corrected chi connectivity index (χ0v) is 12.1. The number of carboxylic acids is 1. The predicted molar refractivity (Wildman–Crippen MR) is 68.2 cm³/mol. The molecule has 0 saturated carbocycles. The molecular formula is C10H20N2O6S. The topological polar surface area (TPSA) is 104 Å². The number of ether oxygens (including phenoxy) is 1. The van der Waals surface area contributed by atoms with Gasteiger partial charge in [0.2, 0.25) is 10.0 Å². The standard InChI is InChI=1S/C10H20N2O6S/c1-4-18-10(15)8-19(16,17)12(7-9(13)14)6-5-11(2)3/h4-8H2,1-3H3,(H,13,14). The van der Waals surface area contributed by atoms with Gasteiger partial charge in [-0.25, -0.2) is 8.42 Å². The lowest BCUT2D eigenvalue weighted by atomic mass is 10.5. The monoisotopic (exact) mass is 296 g/mol. The average Bonchev–Trinajstić information content (AvgIpc) is 2.22. The maximum absolute atomic E-state index is 11.9. The number of carbonyl (C=O) groups excluding carboxylic acids is 1. The third-order valence-electron chi connectivity index (χ3n) is 2.11. The molecule has 0 saturated heterocycles. The Hall–Kier alpha value is -1.19. The number of likely N-dealkylation sites (N-methyl/N-ethyl adjacent to an activating group) is 1. The van der Waals surface area contributed by atoms with Gasteiger partial charge in [-0.2, -0.15) is 4.31 Å². The van der Waals surface area contributed by atoms with Crippen LogP contribution < -0.4 is 0 Å². The summed E-state index contributed by atoms with van der Waals surface area (Å²) in [6.45, 7) is 1.32. The van der Waals surface area contributed by atoms with E-state index in [0.29, 0.717) is 6.54 Å². The first-order valence-electron chi connectivity index (χ1n) is 5.69. The number of carboxylic acid groups (broad SMARTS) is 1. The smallest absolute Gasteiger partial charge is 0.322 e. The van der Waals surface area contributed by atoms with Crippen LogP contribution in [0.3, 0.4) is 0 Å². The average molecular weight is 296 g/mol. The first-order valence-corrected chi connectivity index (χ1v) is 7.30. The van der Waals surface area contributed by atoms with Gasteiger partial charge < -0.3 is 14.7 Å². The van der Waals surface area contributed by atoms with Crippen molar-refractivity contribution in [1.29, 1.82) is 0 Å². The van der Waals surface area contributed by atoms with Gasteiger partial charge in [0.05, 0.1) is 6.61 Å². The van der Waals surface area contributed by atoms with Gasteiger partial charge in [0.25, 0.3) is 0 Å². The van der Waals surface area contributed by atoms with Gasteiger partial charge in [-0.15, -0.1) is 0 Å². The predicted octanol–water partition coefficient (Wildman–Crippen LogP) is -1.17. The zero-order chi connectivity index (χ0) is 15.1. The molecule has 0 aliphatic heterocycles. The van der Waals surface area contributed by atoms with Crippen molar-refractivity contribution in [2.45, 2.75) is 6.92 Å². The SMILES string of the molecule is CCOC(=O)CS(=O)(=O)N(CCN(C)C)CC(=O)O. The van der Waals surface area contributed by atoms with E-state index in [4.69, 9.17) is 5.11 Å². The second kappa shape index (κ2) is 8.08. The van der Waals surface area contributed by atoms with E-state index in [-0.39, 0.29) is 13.2 Å². The van der Waals surface area contributed by atoms with Crippen molar-refractivity contribution in [2.24, 2.45) is 0 Å². The molecule has 0 aromatic heterocycles. The van der Waals surface area contributed by atoms with E-state index < -0.39 is 34.3 Å². The Labute approximate surface area is 113 Å². The fourth-order valence-corrected chi connectivity index (χ4v) is 2.45. The lowest BCUT2D eigenvalue weighted by molar-refractivity contribution is -0.140. The van der Waals surface area contributed by atoms with Crippen molar-refractivity contribution >= 4 is 22.0 Å². The third-order valence-corrected chi connectivity index (χ3v) is 3.81. The Morgan fingerprint density at radius 2 is 1.79 bits per heavy atom. The fourth-order valence-electron chi connectivity index (χ4n) is 1.22. The van der Waals surface area contributed by atoms with Crippen LogP contribution in [-0.4, -0.2) is 80.8 Å². The highest BCUT2D eigenvalue weighted by Gasteiger charge is 2.27. The van der Waals surface area contributed by atoms with Gasteiger partial charge >= 0.3 is 11.9 Å². The first kappa shape index (κ1) is 17.8. The number of rotatable bonds is 9. The normalized spacial score (nSPS) is 11.8. The van der Waals surface area contributed by atoms with Crippen LogP contribution in [0.2, 0.25) is 0 Å². The van der Waals surface area contributed by atoms with E-state index in [0.717, 1.165) is 4.31 Å². The van der Waals surface area contributed by atoms with Gasteiger partial charge in [0.1, 0.15) is 6.54 Å². The molecule has 9 heteroatoms. The fraction of sp³-hybridized carbons (Fsp3) is 0.800. The van der Waals surface area contributed by atoms with E-state index in [2.05, 4.69) is 4.74 Å². The van der Waals surface area contributed by atoms with Crippen LogP contribution in [0.5, 0.6) is 0 Å². The Bertz CT molecular complexity index is 406.